The Bertz CT molecular complexity index is 840. The zero-order valence-electron chi connectivity index (χ0n) is 18.4. The summed E-state index contributed by atoms with van der Waals surface area (Å²) in [5, 5.41) is 3.19. The van der Waals surface area contributed by atoms with Crippen LogP contribution in [0.3, 0.4) is 0 Å². The van der Waals surface area contributed by atoms with Crippen molar-refractivity contribution in [3.8, 4) is 0 Å². The van der Waals surface area contributed by atoms with Crippen molar-refractivity contribution in [3.05, 3.63) is 69.7 Å². The van der Waals surface area contributed by atoms with E-state index in [1.807, 2.05) is 0 Å². The van der Waals surface area contributed by atoms with E-state index in [2.05, 4.69) is 79.6 Å². The molecule has 4 rings (SSSR count). The molecule has 2 aromatic rings. The number of nitrogens with one attached hydrogen (secondary N) is 1. The summed E-state index contributed by atoms with van der Waals surface area (Å²) in [6.45, 7) is 7.01. The summed E-state index contributed by atoms with van der Waals surface area (Å²) in [7, 11) is 0. The Morgan fingerprint density at radius 2 is 1.48 bits per heavy atom. The van der Waals surface area contributed by atoms with Gasteiger partial charge in [-0.25, -0.2) is 0 Å². The molecule has 2 aliphatic rings. The van der Waals surface area contributed by atoms with Crippen LogP contribution >= 0.6 is 15.9 Å². The zero-order valence-corrected chi connectivity index (χ0v) is 19.9. The SMILES string of the molecule is O=C(NCc1cccc(CN2CCCCC2)c1)C1CCN(Cc2ccc(Br)cc2)CC1. The minimum atomic E-state index is 0.137. The normalized spacial score (nSPS) is 18.7. The molecule has 4 nitrogen and oxygen atoms in total. The van der Waals surface area contributed by atoms with Gasteiger partial charge in [0.1, 0.15) is 0 Å². The van der Waals surface area contributed by atoms with Gasteiger partial charge in [-0.2, -0.15) is 0 Å². The van der Waals surface area contributed by atoms with Gasteiger partial charge in [-0.05, 0) is 80.7 Å². The number of rotatable bonds is 7. The molecule has 1 amide bonds. The van der Waals surface area contributed by atoms with Crippen LogP contribution in [0.15, 0.2) is 53.0 Å². The summed E-state index contributed by atoms with van der Waals surface area (Å²) in [6, 6.07) is 17.2. The van der Waals surface area contributed by atoms with Crippen molar-refractivity contribution >= 4 is 21.8 Å². The highest BCUT2D eigenvalue weighted by molar-refractivity contribution is 9.10. The number of hydrogen-bond acceptors (Lipinski definition) is 3. The highest BCUT2D eigenvalue weighted by atomic mass is 79.9. The van der Waals surface area contributed by atoms with E-state index in [-0.39, 0.29) is 11.8 Å². The number of hydrogen-bond donors (Lipinski definition) is 1. The summed E-state index contributed by atoms with van der Waals surface area (Å²) in [4.78, 5) is 17.7. The lowest BCUT2D eigenvalue weighted by molar-refractivity contribution is -0.126. The molecule has 0 unspecified atom stereocenters. The number of halogens is 1. The van der Waals surface area contributed by atoms with Crippen molar-refractivity contribution in [2.45, 2.75) is 51.7 Å². The van der Waals surface area contributed by atoms with Crippen LogP contribution in [-0.2, 0) is 24.4 Å². The van der Waals surface area contributed by atoms with Crippen LogP contribution in [0.4, 0.5) is 0 Å². The fraction of sp³-hybridized carbons (Fsp3) is 0.500. The number of likely N-dealkylation sites (tertiary alicyclic amines) is 2. The van der Waals surface area contributed by atoms with Gasteiger partial charge in [0.15, 0.2) is 0 Å². The fourth-order valence-corrected chi connectivity index (χ4v) is 5.01. The Morgan fingerprint density at radius 1 is 0.839 bits per heavy atom. The first-order valence-electron chi connectivity index (χ1n) is 11.7. The molecule has 31 heavy (non-hydrogen) atoms. The zero-order chi connectivity index (χ0) is 21.5. The predicted octanol–water partition coefficient (Wildman–Crippen LogP) is 4.96. The summed E-state index contributed by atoms with van der Waals surface area (Å²) < 4.78 is 1.11. The van der Waals surface area contributed by atoms with E-state index in [0.29, 0.717) is 6.54 Å². The quantitative estimate of drug-likeness (QED) is 0.603. The summed E-state index contributed by atoms with van der Waals surface area (Å²) in [6.07, 6.45) is 5.88. The Balaban J connectivity index is 1.20. The van der Waals surface area contributed by atoms with Crippen LogP contribution in [0.25, 0.3) is 0 Å². The van der Waals surface area contributed by atoms with Gasteiger partial charge >= 0.3 is 0 Å². The van der Waals surface area contributed by atoms with E-state index in [0.717, 1.165) is 43.5 Å². The monoisotopic (exact) mass is 483 g/mol. The second kappa shape index (κ2) is 11.3. The maximum Gasteiger partial charge on any atom is 0.223 e. The van der Waals surface area contributed by atoms with E-state index in [1.54, 1.807) is 0 Å². The second-order valence-corrected chi connectivity index (χ2v) is 9.97. The Hall–Kier alpha value is -1.69. The average molecular weight is 484 g/mol. The van der Waals surface area contributed by atoms with Gasteiger partial charge in [0.2, 0.25) is 5.91 Å². The highest BCUT2D eigenvalue weighted by Crippen LogP contribution is 2.20. The van der Waals surface area contributed by atoms with Crippen LogP contribution in [0, 0.1) is 5.92 Å². The van der Waals surface area contributed by atoms with Crippen LogP contribution < -0.4 is 5.32 Å². The summed E-state index contributed by atoms with van der Waals surface area (Å²) in [5.74, 6) is 0.349. The van der Waals surface area contributed by atoms with E-state index >= 15 is 0 Å². The van der Waals surface area contributed by atoms with Gasteiger partial charge in [0.25, 0.3) is 0 Å². The smallest absolute Gasteiger partial charge is 0.223 e. The molecule has 0 spiro atoms. The molecule has 0 saturated carbocycles. The number of carbonyl (C=O) groups is 1. The maximum absolute atomic E-state index is 12.7. The molecule has 1 N–H and O–H groups in total. The lowest BCUT2D eigenvalue weighted by Crippen LogP contribution is -2.40. The van der Waals surface area contributed by atoms with E-state index < -0.39 is 0 Å². The molecular weight excluding hydrogens is 450 g/mol. The first-order valence-corrected chi connectivity index (χ1v) is 12.5. The fourth-order valence-electron chi connectivity index (χ4n) is 4.75. The van der Waals surface area contributed by atoms with Gasteiger partial charge in [0, 0.05) is 30.0 Å². The molecule has 2 saturated heterocycles. The van der Waals surface area contributed by atoms with Crippen molar-refractivity contribution in [1.82, 2.24) is 15.1 Å². The molecule has 2 fully saturated rings. The molecule has 0 bridgehead atoms. The van der Waals surface area contributed by atoms with E-state index in [1.165, 1.54) is 49.0 Å². The second-order valence-electron chi connectivity index (χ2n) is 9.05. The van der Waals surface area contributed by atoms with Gasteiger partial charge in [0.05, 0.1) is 0 Å². The number of nitrogens with zero attached hydrogens (tertiary/aromatic N) is 2. The summed E-state index contributed by atoms with van der Waals surface area (Å²) in [5.41, 5.74) is 3.89. The van der Waals surface area contributed by atoms with Crippen molar-refractivity contribution in [2.75, 3.05) is 26.2 Å². The Morgan fingerprint density at radius 3 is 2.23 bits per heavy atom. The molecule has 5 heteroatoms. The van der Waals surface area contributed by atoms with Crippen LogP contribution in [0.2, 0.25) is 0 Å². The Kier molecular flexibility index (Phi) is 8.17. The topological polar surface area (TPSA) is 35.6 Å². The van der Waals surface area contributed by atoms with Gasteiger partial charge in [-0.1, -0.05) is 58.7 Å². The standard InChI is InChI=1S/C26H34BrN3O/c27-25-9-7-21(8-10-25)19-30-15-11-24(12-16-30)26(31)28-18-22-5-4-6-23(17-22)20-29-13-2-1-3-14-29/h4-10,17,24H,1-3,11-16,18-20H2,(H,28,31). The van der Waals surface area contributed by atoms with Crippen molar-refractivity contribution in [1.29, 1.82) is 0 Å². The number of piperidine rings is 2. The number of amides is 1. The van der Waals surface area contributed by atoms with Crippen molar-refractivity contribution in [2.24, 2.45) is 5.92 Å². The molecule has 0 aromatic heterocycles. The van der Waals surface area contributed by atoms with E-state index in [4.69, 9.17) is 0 Å². The number of benzene rings is 2. The van der Waals surface area contributed by atoms with Crippen LogP contribution in [0.5, 0.6) is 0 Å². The van der Waals surface area contributed by atoms with Gasteiger partial charge in [-0.3, -0.25) is 14.6 Å². The third-order valence-corrected chi connectivity index (χ3v) is 7.12. The molecule has 166 valence electrons. The number of carbonyl (C=O) groups excluding carboxylic acids is 1. The molecule has 0 aliphatic carbocycles. The molecule has 2 aromatic carbocycles. The molecule has 2 aliphatic heterocycles. The molecular formula is C26H34BrN3O. The average Bonchev–Trinajstić information content (AvgIpc) is 2.80. The van der Waals surface area contributed by atoms with E-state index in [9.17, 15) is 4.79 Å². The van der Waals surface area contributed by atoms with Gasteiger partial charge in [-0.15, -0.1) is 0 Å². The third kappa shape index (κ3) is 6.90. The molecule has 0 radical (unpaired) electrons. The highest BCUT2D eigenvalue weighted by Gasteiger charge is 2.24. The third-order valence-electron chi connectivity index (χ3n) is 6.59. The minimum absolute atomic E-state index is 0.137. The van der Waals surface area contributed by atoms with Crippen LogP contribution in [-0.4, -0.2) is 41.9 Å². The predicted molar refractivity (Wildman–Crippen MR) is 130 cm³/mol. The van der Waals surface area contributed by atoms with Crippen LogP contribution in [0.1, 0.15) is 48.8 Å². The Labute approximate surface area is 195 Å². The molecule has 2 heterocycles. The first-order chi connectivity index (χ1) is 15.2. The lowest BCUT2D eigenvalue weighted by Gasteiger charge is -2.31. The largest absolute Gasteiger partial charge is 0.352 e. The lowest BCUT2D eigenvalue weighted by atomic mass is 9.95. The molecule has 0 atom stereocenters. The van der Waals surface area contributed by atoms with Crippen molar-refractivity contribution in [3.63, 3.8) is 0 Å². The maximum atomic E-state index is 12.7. The summed E-state index contributed by atoms with van der Waals surface area (Å²) >= 11 is 3.49. The van der Waals surface area contributed by atoms with Crippen molar-refractivity contribution < 1.29 is 4.79 Å². The first kappa shape index (κ1) is 22.5. The van der Waals surface area contributed by atoms with Gasteiger partial charge < -0.3 is 5.32 Å². The minimum Gasteiger partial charge on any atom is -0.352 e.